The number of nitro benzene ring substituents is 1. The molecule has 0 radical (unpaired) electrons. The Hall–Kier alpha value is -2.51. The molecule has 1 rings (SSSR count). The first kappa shape index (κ1) is 16.5. The van der Waals surface area contributed by atoms with Gasteiger partial charge in [-0.15, -0.1) is 0 Å². The first-order valence-electron chi connectivity index (χ1n) is 6.17. The highest BCUT2D eigenvalue weighted by Crippen LogP contribution is 2.19. The van der Waals surface area contributed by atoms with E-state index < -0.39 is 34.8 Å². The molecule has 0 fully saturated rings. The van der Waals surface area contributed by atoms with Gasteiger partial charge in [0.15, 0.2) is 0 Å². The normalized spacial score (nSPS) is 10.5. The number of nitrogens with zero attached hydrogens (tertiary/aromatic N) is 2. The van der Waals surface area contributed by atoms with Crippen LogP contribution in [0, 0.1) is 21.8 Å². The molecule has 0 unspecified atom stereocenters. The van der Waals surface area contributed by atoms with Gasteiger partial charge in [0.25, 0.3) is 5.91 Å². The van der Waals surface area contributed by atoms with E-state index in [4.69, 9.17) is 5.11 Å². The van der Waals surface area contributed by atoms with Crippen LogP contribution in [0.4, 0.5) is 10.1 Å². The van der Waals surface area contributed by atoms with Crippen LogP contribution in [0.15, 0.2) is 18.2 Å². The minimum atomic E-state index is -1.19. The molecule has 7 nitrogen and oxygen atoms in total. The zero-order valence-corrected chi connectivity index (χ0v) is 11.6. The number of benzene rings is 1. The first-order valence-corrected chi connectivity index (χ1v) is 6.17. The number of hydrogen-bond acceptors (Lipinski definition) is 4. The van der Waals surface area contributed by atoms with Crippen molar-refractivity contribution < 1.29 is 24.0 Å². The Bertz CT molecular complexity index is 574. The van der Waals surface area contributed by atoms with Gasteiger partial charge in [0.05, 0.1) is 4.92 Å². The number of halogens is 1. The minimum absolute atomic E-state index is 0.0243. The number of aliphatic carboxylic acids is 1. The Morgan fingerprint density at radius 1 is 1.43 bits per heavy atom. The van der Waals surface area contributed by atoms with Crippen molar-refractivity contribution in [1.82, 2.24) is 4.90 Å². The average molecular weight is 298 g/mol. The summed E-state index contributed by atoms with van der Waals surface area (Å²) in [6, 6.07) is 2.74. The van der Waals surface area contributed by atoms with Crippen molar-refractivity contribution in [3.8, 4) is 0 Å². The smallest absolute Gasteiger partial charge is 0.323 e. The van der Waals surface area contributed by atoms with Crippen LogP contribution in [0.25, 0.3) is 0 Å². The predicted molar refractivity (Wildman–Crippen MR) is 71.4 cm³/mol. The molecule has 0 spiro atoms. The molecule has 0 aliphatic heterocycles. The number of carboxylic acid groups (broad SMARTS) is 1. The summed E-state index contributed by atoms with van der Waals surface area (Å²) >= 11 is 0. The van der Waals surface area contributed by atoms with E-state index in [-0.39, 0.29) is 18.0 Å². The maximum Gasteiger partial charge on any atom is 0.323 e. The summed E-state index contributed by atoms with van der Waals surface area (Å²) in [5.41, 5.74) is -0.861. The molecule has 0 aromatic heterocycles. The number of carbonyl (C=O) groups is 2. The number of nitro groups is 1. The van der Waals surface area contributed by atoms with Crippen molar-refractivity contribution in [3.05, 3.63) is 39.7 Å². The highest BCUT2D eigenvalue weighted by Gasteiger charge is 2.22. The van der Waals surface area contributed by atoms with Gasteiger partial charge >= 0.3 is 11.7 Å². The lowest BCUT2D eigenvalue weighted by Crippen LogP contribution is -2.38. The topological polar surface area (TPSA) is 101 Å². The molecule has 114 valence electrons. The van der Waals surface area contributed by atoms with Crippen LogP contribution in [0.2, 0.25) is 0 Å². The molecule has 21 heavy (non-hydrogen) atoms. The molecule has 1 amide bonds. The van der Waals surface area contributed by atoms with E-state index in [1.54, 1.807) is 13.8 Å². The Morgan fingerprint density at radius 2 is 2.05 bits per heavy atom. The fraction of sp³-hybridized carbons (Fsp3) is 0.385. The van der Waals surface area contributed by atoms with Gasteiger partial charge < -0.3 is 10.0 Å². The standard InChI is InChI=1S/C13H15FN2O5/c1-8(2)6-15(7-12(17)18)13(19)9-3-4-11(16(20)21)10(14)5-9/h3-5,8H,6-7H2,1-2H3,(H,17,18). The van der Waals surface area contributed by atoms with Crippen LogP contribution in [0.3, 0.4) is 0 Å². The molecule has 0 atom stereocenters. The van der Waals surface area contributed by atoms with Crippen LogP contribution < -0.4 is 0 Å². The van der Waals surface area contributed by atoms with Gasteiger partial charge in [0, 0.05) is 18.2 Å². The van der Waals surface area contributed by atoms with Crippen molar-refractivity contribution in [1.29, 1.82) is 0 Å². The van der Waals surface area contributed by atoms with Crippen LogP contribution in [-0.2, 0) is 4.79 Å². The van der Waals surface area contributed by atoms with E-state index in [9.17, 15) is 24.1 Å². The summed E-state index contributed by atoms with van der Waals surface area (Å²) < 4.78 is 13.5. The van der Waals surface area contributed by atoms with Crippen molar-refractivity contribution in [2.45, 2.75) is 13.8 Å². The molecular weight excluding hydrogens is 283 g/mol. The van der Waals surface area contributed by atoms with E-state index in [1.165, 1.54) is 0 Å². The Labute approximate surface area is 120 Å². The highest BCUT2D eigenvalue weighted by atomic mass is 19.1. The second kappa shape index (κ2) is 6.78. The molecule has 8 heteroatoms. The van der Waals surface area contributed by atoms with Crippen LogP contribution >= 0.6 is 0 Å². The number of carbonyl (C=O) groups excluding carboxylic acids is 1. The minimum Gasteiger partial charge on any atom is -0.480 e. The zero-order chi connectivity index (χ0) is 16.2. The number of rotatable bonds is 6. The average Bonchev–Trinajstić information content (AvgIpc) is 2.35. The van der Waals surface area contributed by atoms with Gasteiger partial charge in [0.1, 0.15) is 6.54 Å². The van der Waals surface area contributed by atoms with E-state index in [2.05, 4.69) is 0 Å². The van der Waals surface area contributed by atoms with Gasteiger partial charge in [-0.05, 0) is 18.1 Å². The quantitative estimate of drug-likeness (QED) is 0.638. The third-order valence-electron chi connectivity index (χ3n) is 2.59. The lowest BCUT2D eigenvalue weighted by atomic mass is 10.1. The fourth-order valence-corrected chi connectivity index (χ4v) is 1.79. The van der Waals surface area contributed by atoms with Crippen molar-refractivity contribution in [2.24, 2.45) is 5.92 Å². The van der Waals surface area contributed by atoms with E-state index in [0.717, 1.165) is 23.1 Å². The fourth-order valence-electron chi connectivity index (χ4n) is 1.79. The van der Waals surface area contributed by atoms with E-state index in [0.29, 0.717) is 0 Å². The van der Waals surface area contributed by atoms with Gasteiger partial charge in [0.2, 0.25) is 5.82 Å². The lowest BCUT2D eigenvalue weighted by molar-refractivity contribution is -0.387. The number of carboxylic acids is 1. The van der Waals surface area contributed by atoms with Crippen molar-refractivity contribution >= 4 is 17.6 Å². The third kappa shape index (κ3) is 4.51. The second-order valence-electron chi connectivity index (χ2n) is 4.90. The molecule has 0 saturated carbocycles. The molecule has 0 bridgehead atoms. The summed E-state index contributed by atoms with van der Waals surface area (Å²) in [7, 11) is 0. The van der Waals surface area contributed by atoms with Gasteiger partial charge in [-0.25, -0.2) is 0 Å². The monoisotopic (exact) mass is 298 g/mol. The Kier molecular flexibility index (Phi) is 5.34. The molecule has 0 aliphatic rings. The van der Waals surface area contributed by atoms with Gasteiger partial charge in [-0.2, -0.15) is 4.39 Å². The van der Waals surface area contributed by atoms with Gasteiger partial charge in [-0.1, -0.05) is 13.8 Å². The second-order valence-corrected chi connectivity index (χ2v) is 4.90. The maximum absolute atomic E-state index is 13.5. The molecule has 1 aromatic carbocycles. The summed E-state index contributed by atoms with van der Waals surface area (Å²) in [5.74, 6) is -2.98. The van der Waals surface area contributed by atoms with E-state index >= 15 is 0 Å². The molecule has 0 aliphatic carbocycles. The summed E-state index contributed by atoms with van der Waals surface area (Å²) in [6.07, 6.45) is 0. The largest absolute Gasteiger partial charge is 0.480 e. The summed E-state index contributed by atoms with van der Waals surface area (Å²) in [5, 5.41) is 19.3. The third-order valence-corrected chi connectivity index (χ3v) is 2.59. The molecule has 1 aromatic rings. The Morgan fingerprint density at radius 3 is 2.48 bits per heavy atom. The Balaban J connectivity index is 3.05. The number of hydrogen-bond donors (Lipinski definition) is 1. The molecule has 0 saturated heterocycles. The van der Waals surface area contributed by atoms with Crippen LogP contribution in [-0.4, -0.2) is 39.9 Å². The summed E-state index contributed by atoms with van der Waals surface area (Å²) in [6.45, 7) is 3.27. The predicted octanol–water partition coefficient (Wildman–Crippen LogP) is 1.92. The maximum atomic E-state index is 13.5. The molecular formula is C13H15FN2O5. The lowest BCUT2D eigenvalue weighted by Gasteiger charge is -2.22. The number of amides is 1. The SMILES string of the molecule is CC(C)CN(CC(=O)O)C(=O)c1ccc([N+](=O)[O-])c(F)c1. The van der Waals surface area contributed by atoms with E-state index in [1.807, 2.05) is 0 Å². The first-order chi connectivity index (χ1) is 9.72. The van der Waals surface area contributed by atoms with Crippen LogP contribution in [0.1, 0.15) is 24.2 Å². The van der Waals surface area contributed by atoms with Crippen molar-refractivity contribution in [2.75, 3.05) is 13.1 Å². The highest BCUT2D eigenvalue weighted by molar-refractivity contribution is 5.96. The molecule has 1 N–H and O–H groups in total. The zero-order valence-electron chi connectivity index (χ0n) is 11.6. The molecule has 0 heterocycles. The van der Waals surface area contributed by atoms with Gasteiger partial charge in [-0.3, -0.25) is 19.7 Å². The summed E-state index contributed by atoms with van der Waals surface area (Å²) in [4.78, 5) is 33.6. The van der Waals surface area contributed by atoms with Crippen molar-refractivity contribution in [3.63, 3.8) is 0 Å². The van der Waals surface area contributed by atoms with Crippen LogP contribution in [0.5, 0.6) is 0 Å².